The van der Waals surface area contributed by atoms with Crippen molar-refractivity contribution in [3.63, 3.8) is 0 Å². The molecule has 11 heteroatoms. The quantitative estimate of drug-likeness (QED) is 0.321. The van der Waals surface area contributed by atoms with Gasteiger partial charge in [-0.05, 0) is 61.5 Å². The van der Waals surface area contributed by atoms with Crippen molar-refractivity contribution in [1.82, 2.24) is 15.2 Å². The monoisotopic (exact) mass is 493 g/mol. The summed E-state index contributed by atoms with van der Waals surface area (Å²) in [5, 5.41) is 9.34. The van der Waals surface area contributed by atoms with Crippen LogP contribution in [0.3, 0.4) is 0 Å². The van der Waals surface area contributed by atoms with Crippen LogP contribution in [-0.4, -0.2) is 43.2 Å². The summed E-state index contributed by atoms with van der Waals surface area (Å²) < 4.78 is 38.9. The van der Waals surface area contributed by atoms with E-state index in [4.69, 9.17) is 9.47 Å². The number of nitrogens with zero attached hydrogens (tertiary/aromatic N) is 2. The second kappa shape index (κ2) is 10.3. The Kier molecular flexibility index (Phi) is 6.97. The molecule has 0 atom stereocenters. The lowest BCUT2D eigenvalue weighted by Crippen LogP contribution is -2.16. The van der Waals surface area contributed by atoms with Gasteiger partial charge in [0.25, 0.3) is 15.9 Å². The smallest absolute Gasteiger partial charge is 0.261 e. The lowest BCUT2D eigenvalue weighted by Gasteiger charge is -2.10. The predicted molar refractivity (Wildman–Crippen MR) is 131 cm³/mol. The summed E-state index contributed by atoms with van der Waals surface area (Å²) in [6.07, 6.45) is 0. The predicted octanol–water partition coefficient (Wildman–Crippen LogP) is 3.93. The molecule has 180 valence electrons. The Morgan fingerprint density at radius 1 is 1.03 bits per heavy atom. The van der Waals surface area contributed by atoms with Gasteiger partial charge in [-0.2, -0.15) is 4.98 Å². The van der Waals surface area contributed by atoms with E-state index in [2.05, 4.69) is 25.2 Å². The molecular formula is C24H23N5O5S. The van der Waals surface area contributed by atoms with Crippen LogP contribution in [0.25, 0.3) is 11.4 Å². The number of sulfonamides is 1. The Hall–Kier alpha value is -4.38. The molecule has 3 N–H and O–H groups in total. The van der Waals surface area contributed by atoms with Gasteiger partial charge in [-0.25, -0.2) is 8.42 Å². The molecule has 0 aliphatic rings. The number of methoxy groups -OCH3 is 1. The summed E-state index contributed by atoms with van der Waals surface area (Å²) in [6.45, 7) is 2.37. The van der Waals surface area contributed by atoms with Crippen molar-refractivity contribution in [2.75, 3.05) is 23.8 Å². The normalized spacial score (nSPS) is 11.0. The third-order valence-corrected chi connectivity index (χ3v) is 6.28. The van der Waals surface area contributed by atoms with Crippen LogP contribution in [-0.2, 0) is 10.0 Å². The van der Waals surface area contributed by atoms with E-state index in [9.17, 15) is 13.2 Å². The molecule has 0 unspecified atom stereocenters. The number of ether oxygens (including phenoxy) is 2. The van der Waals surface area contributed by atoms with Gasteiger partial charge >= 0.3 is 0 Å². The molecule has 1 heterocycles. The summed E-state index contributed by atoms with van der Waals surface area (Å²) in [5.74, 6) is 1.12. The van der Waals surface area contributed by atoms with Crippen LogP contribution in [0.4, 0.5) is 11.6 Å². The number of hydrogen-bond donors (Lipinski definition) is 3. The third kappa shape index (κ3) is 5.58. The number of para-hydroxylation sites is 1. The molecule has 0 fully saturated rings. The van der Waals surface area contributed by atoms with E-state index in [1.54, 1.807) is 43.5 Å². The van der Waals surface area contributed by atoms with Crippen molar-refractivity contribution in [1.29, 1.82) is 0 Å². The minimum absolute atomic E-state index is 0.0386. The van der Waals surface area contributed by atoms with Gasteiger partial charge in [0.2, 0.25) is 5.95 Å². The first-order valence-electron chi connectivity index (χ1n) is 10.6. The molecule has 0 aliphatic carbocycles. The number of benzene rings is 3. The molecule has 4 aromatic rings. The maximum Gasteiger partial charge on any atom is 0.261 e. The molecule has 0 saturated carbocycles. The van der Waals surface area contributed by atoms with E-state index in [-0.39, 0.29) is 16.4 Å². The Morgan fingerprint density at radius 2 is 1.80 bits per heavy atom. The second-order valence-corrected chi connectivity index (χ2v) is 8.94. The lowest BCUT2D eigenvalue weighted by molar-refractivity contribution is 0.102. The van der Waals surface area contributed by atoms with Gasteiger partial charge in [-0.15, -0.1) is 5.10 Å². The van der Waals surface area contributed by atoms with Crippen molar-refractivity contribution in [3.05, 3.63) is 78.4 Å². The van der Waals surface area contributed by atoms with Crippen molar-refractivity contribution >= 4 is 27.6 Å². The summed E-state index contributed by atoms with van der Waals surface area (Å²) in [5.41, 5.74) is 1.17. The zero-order chi connectivity index (χ0) is 24.8. The highest BCUT2D eigenvalue weighted by atomic mass is 32.2. The molecule has 4 rings (SSSR count). The van der Waals surface area contributed by atoms with Crippen LogP contribution in [0.1, 0.15) is 17.3 Å². The van der Waals surface area contributed by atoms with Crippen LogP contribution in [0, 0.1) is 0 Å². The fourth-order valence-electron chi connectivity index (χ4n) is 3.26. The van der Waals surface area contributed by atoms with Crippen molar-refractivity contribution in [2.45, 2.75) is 11.8 Å². The maximum atomic E-state index is 12.9. The zero-order valence-corrected chi connectivity index (χ0v) is 19.8. The topological polar surface area (TPSA) is 135 Å². The molecule has 35 heavy (non-hydrogen) atoms. The molecule has 0 spiro atoms. The van der Waals surface area contributed by atoms with E-state index >= 15 is 0 Å². The van der Waals surface area contributed by atoms with Crippen LogP contribution >= 0.6 is 0 Å². The van der Waals surface area contributed by atoms with E-state index < -0.39 is 15.9 Å². The average molecular weight is 494 g/mol. The zero-order valence-electron chi connectivity index (χ0n) is 19.0. The molecule has 1 amide bonds. The van der Waals surface area contributed by atoms with E-state index in [1.807, 2.05) is 19.1 Å². The molecule has 3 aromatic carbocycles. The first-order valence-corrected chi connectivity index (χ1v) is 12.1. The number of rotatable bonds is 9. The Balaban J connectivity index is 1.48. The van der Waals surface area contributed by atoms with Gasteiger partial charge in [-0.3, -0.25) is 19.9 Å². The van der Waals surface area contributed by atoms with Gasteiger partial charge in [0, 0.05) is 11.3 Å². The highest BCUT2D eigenvalue weighted by Crippen LogP contribution is 2.27. The summed E-state index contributed by atoms with van der Waals surface area (Å²) in [6, 6.07) is 19.4. The molecule has 10 nitrogen and oxygen atoms in total. The Bertz CT molecular complexity index is 1430. The highest BCUT2D eigenvalue weighted by molar-refractivity contribution is 7.92. The number of hydrogen-bond acceptors (Lipinski definition) is 7. The van der Waals surface area contributed by atoms with Crippen molar-refractivity contribution < 1.29 is 22.7 Å². The fraction of sp³-hybridized carbons (Fsp3) is 0.125. The molecule has 1 aromatic heterocycles. The molecule has 0 aliphatic heterocycles. The number of H-pyrrole nitrogens is 1. The van der Waals surface area contributed by atoms with Gasteiger partial charge in [0.15, 0.2) is 5.82 Å². The molecular weight excluding hydrogens is 470 g/mol. The largest absolute Gasteiger partial charge is 0.496 e. The first kappa shape index (κ1) is 23.8. The van der Waals surface area contributed by atoms with Crippen LogP contribution in [0.5, 0.6) is 11.5 Å². The SMILES string of the molecule is CCOc1ccc(NS(=O)(=O)c2cccc(C(=O)Nc3n[nH]c(-c4ccccc4OC)n3)c2)cc1. The number of amides is 1. The van der Waals surface area contributed by atoms with E-state index in [0.717, 1.165) is 0 Å². The van der Waals surface area contributed by atoms with E-state index in [1.165, 1.54) is 24.3 Å². The number of aromatic amines is 1. The standard InChI is InChI=1S/C24H23N5O5S/c1-3-34-18-13-11-17(12-14-18)29-35(31,32)19-8-6-7-16(15-19)23(30)26-24-25-22(27-28-24)20-9-4-5-10-21(20)33-2/h4-15,29H,3H2,1-2H3,(H2,25,26,27,28,30). The van der Waals surface area contributed by atoms with Crippen LogP contribution in [0.2, 0.25) is 0 Å². The average Bonchev–Trinajstić information content (AvgIpc) is 3.33. The summed E-state index contributed by atoms with van der Waals surface area (Å²) in [7, 11) is -2.38. The van der Waals surface area contributed by atoms with Gasteiger partial charge in [0.1, 0.15) is 11.5 Å². The highest BCUT2D eigenvalue weighted by Gasteiger charge is 2.18. The number of aromatic nitrogens is 3. The van der Waals surface area contributed by atoms with Gasteiger partial charge in [-0.1, -0.05) is 18.2 Å². The molecule has 0 saturated heterocycles. The minimum Gasteiger partial charge on any atom is -0.496 e. The first-order chi connectivity index (χ1) is 16.9. The van der Waals surface area contributed by atoms with Crippen LogP contribution < -0.4 is 19.5 Å². The third-order valence-electron chi connectivity index (χ3n) is 4.90. The maximum absolute atomic E-state index is 12.9. The number of nitrogens with one attached hydrogen (secondary N) is 3. The van der Waals surface area contributed by atoms with Crippen molar-refractivity contribution in [3.8, 4) is 22.9 Å². The van der Waals surface area contributed by atoms with Gasteiger partial charge < -0.3 is 9.47 Å². The number of carbonyl (C=O) groups excluding carboxylic acids is 1. The Labute approximate surface area is 202 Å². The number of carbonyl (C=O) groups is 1. The van der Waals surface area contributed by atoms with E-state index in [0.29, 0.717) is 35.2 Å². The van der Waals surface area contributed by atoms with Gasteiger partial charge in [0.05, 0.1) is 24.2 Å². The summed E-state index contributed by atoms with van der Waals surface area (Å²) in [4.78, 5) is 17.0. The van der Waals surface area contributed by atoms with Crippen LogP contribution in [0.15, 0.2) is 77.7 Å². The minimum atomic E-state index is -3.93. The summed E-state index contributed by atoms with van der Waals surface area (Å²) >= 11 is 0. The number of anilines is 2. The molecule has 0 radical (unpaired) electrons. The Morgan fingerprint density at radius 3 is 2.54 bits per heavy atom. The lowest BCUT2D eigenvalue weighted by atomic mass is 10.2. The fourth-order valence-corrected chi connectivity index (χ4v) is 4.36. The second-order valence-electron chi connectivity index (χ2n) is 7.25. The molecule has 0 bridgehead atoms. The van der Waals surface area contributed by atoms with Crippen molar-refractivity contribution in [2.24, 2.45) is 0 Å².